The van der Waals surface area contributed by atoms with Crippen molar-refractivity contribution in [2.24, 2.45) is 0 Å². The molecule has 11 heteroatoms. The molecule has 0 spiro atoms. The molecular formula is C30H27FN6O4. The summed E-state index contributed by atoms with van der Waals surface area (Å²) < 4.78 is 20.2. The normalized spacial score (nSPS) is 10.8. The van der Waals surface area contributed by atoms with Gasteiger partial charge in [-0.1, -0.05) is 24.3 Å². The van der Waals surface area contributed by atoms with Crippen molar-refractivity contribution in [2.45, 2.75) is 6.42 Å². The molecule has 5 aromatic rings. The highest BCUT2D eigenvalue weighted by Gasteiger charge is 2.13. The van der Waals surface area contributed by atoms with Gasteiger partial charge < -0.3 is 25.8 Å². The number of aliphatic hydroxyl groups is 1. The Hall–Kier alpha value is -5.29. The van der Waals surface area contributed by atoms with E-state index in [0.29, 0.717) is 34.3 Å². The summed E-state index contributed by atoms with van der Waals surface area (Å²) in [5.74, 6) is -0.0646. The van der Waals surface area contributed by atoms with Gasteiger partial charge in [0.15, 0.2) is 5.65 Å². The van der Waals surface area contributed by atoms with E-state index in [2.05, 4.69) is 26.0 Å². The number of pyridine rings is 1. The fourth-order valence-corrected chi connectivity index (χ4v) is 4.17. The van der Waals surface area contributed by atoms with Crippen LogP contribution in [0.15, 0.2) is 85.1 Å². The molecule has 2 amide bonds. The third kappa shape index (κ3) is 6.65. The lowest BCUT2D eigenvalue weighted by Gasteiger charge is -2.11. The van der Waals surface area contributed by atoms with Gasteiger partial charge in [-0.05, 0) is 65.7 Å². The van der Waals surface area contributed by atoms with Gasteiger partial charge >= 0.3 is 0 Å². The number of hydrogen-bond donors (Lipinski definition) is 4. The Balaban J connectivity index is 1.26. The number of rotatable bonds is 10. The molecule has 2 aromatic heterocycles. The number of methoxy groups -OCH3 is 1. The number of anilines is 3. The molecule has 0 unspecified atom stereocenters. The van der Waals surface area contributed by atoms with Crippen LogP contribution >= 0.6 is 0 Å². The van der Waals surface area contributed by atoms with Crippen molar-refractivity contribution in [3.8, 4) is 16.9 Å². The maximum absolute atomic E-state index is 13.1. The predicted octanol–water partition coefficient (Wildman–Crippen LogP) is 4.19. The van der Waals surface area contributed by atoms with Gasteiger partial charge in [0.25, 0.3) is 5.91 Å². The first-order valence-electron chi connectivity index (χ1n) is 12.8. The van der Waals surface area contributed by atoms with E-state index in [-0.39, 0.29) is 37.2 Å². The van der Waals surface area contributed by atoms with E-state index in [0.717, 1.165) is 16.7 Å². The maximum atomic E-state index is 13.1. The van der Waals surface area contributed by atoms with E-state index in [1.165, 1.54) is 19.2 Å². The van der Waals surface area contributed by atoms with Crippen molar-refractivity contribution in [3.05, 3.63) is 102 Å². The summed E-state index contributed by atoms with van der Waals surface area (Å²) in [6.07, 6.45) is 2.00. The van der Waals surface area contributed by atoms with E-state index in [1.807, 2.05) is 42.6 Å². The molecule has 10 nitrogen and oxygen atoms in total. The SMILES string of the molecule is COc1cc(C(=O)NCCO)ccc1Nc1nc2ccc(-c3ccc(NC(=O)Cc4ccc(F)cc4)cc3)cn2n1. The minimum Gasteiger partial charge on any atom is -0.495 e. The van der Waals surface area contributed by atoms with Crippen LogP contribution in [0.3, 0.4) is 0 Å². The monoisotopic (exact) mass is 554 g/mol. The number of hydrogen-bond acceptors (Lipinski definition) is 7. The number of fused-ring (bicyclic) bond motifs is 1. The van der Waals surface area contributed by atoms with Crippen molar-refractivity contribution in [3.63, 3.8) is 0 Å². The van der Waals surface area contributed by atoms with Gasteiger partial charge in [-0.2, -0.15) is 4.98 Å². The summed E-state index contributed by atoms with van der Waals surface area (Å²) in [4.78, 5) is 29.1. The molecule has 0 bridgehead atoms. The van der Waals surface area contributed by atoms with Crippen LogP contribution in [0.5, 0.6) is 5.75 Å². The molecule has 0 saturated heterocycles. The van der Waals surface area contributed by atoms with Crippen LogP contribution < -0.4 is 20.7 Å². The maximum Gasteiger partial charge on any atom is 0.251 e. The zero-order chi connectivity index (χ0) is 28.8. The molecule has 208 valence electrons. The highest BCUT2D eigenvalue weighted by molar-refractivity contribution is 5.95. The average molecular weight is 555 g/mol. The molecule has 4 N–H and O–H groups in total. The second-order valence-corrected chi connectivity index (χ2v) is 9.10. The van der Waals surface area contributed by atoms with Crippen LogP contribution in [0.1, 0.15) is 15.9 Å². The van der Waals surface area contributed by atoms with Gasteiger partial charge in [-0.25, -0.2) is 8.91 Å². The van der Waals surface area contributed by atoms with E-state index in [9.17, 15) is 14.0 Å². The van der Waals surface area contributed by atoms with E-state index in [1.54, 1.807) is 34.8 Å². The summed E-state index contributed by atoms with van der Waals surface area (Å²) >= 11 is 0. The molecule has 0 saturated carbocycles. The molecule has 0 radical (unpaired) electrons. The van der Waals surface area contributed by atoms with Gasteiger partial charge in [0.2, 0.25) is 11.9 Å². The third-order valence-corrected chi connectivity index (χ3v) is 6.22. The standard InChI is InChI=1S/C30H27FN6O4/c1-41-26-17-21(29(40)32-14-15-38)6-12-25(26)34-30-35-27-13-7-22(18-37(27)36-30)20-4-10-24(11-5-20)33-28(39)16-19-2-8-23(31)9-3-19/h2-13,17-18,38H,14-16H2,1H3,(H,32,40)(H,33,39)(H,34,36). The van der Waals surface area contributed by atoms with Crippen LogP contribution in [0, 0.1) is 5.82 Å². The zero-order valence-corrected chi connectivity index (χ0v) is 22.1. The molecule has 2 heterocycles. The van der Waals surface area contributed by atoms with Crippen LogP contribution in [0.25, 0.3) is 16.8 Å². The first-order chi connectivity index (χ1) is 19.9. The molecule has 0 aliphatic carbocycles. The van der Waals surface area contributed by atoms with Crippen LogP contribution in [-0.4, -0.2) is 51.8 Å². The van der Waals surface area contributed by atoms with Crippen molar-refractivity contribution < 1.29 is 23.8 Å². The Morgan fingerprint density at radius 1 is 0.976 bits per heavy atom. The predicted molar refractivity (Wildman–Crippen MR) is 153 cm³/mol. The third-order valence-electron chi connectivity index (χ3n) is 6.22. The number of ether oxygens (including phenoxy) is 1. The Morgan fingerprint density at radius 3 is 2.46 bits per heavy atom. The van der Waals surface area contributed by atoms with Crippen LogP contribution in [-0.2, 0) is 11.2 Å². The quantitative estimate of drug-likeness (QED) is 0.204. The number of aliphatic hydroxyl groups excluding tert-OH is 1. The minimum absolute atomic E-state index is 0.145. The van der Waals surface area contributed by atoms with Gasteiger partial charge in [0.05, 0.1) is 25.8 Å². The number of halogens is 1. The number of carbonyl (C=O) groups is 2. The Kier molecular flexibility index (Phi) is 8.16. The number of amides is 2. The molecule has 0 atom stereocenters. The van der Waals surface area contributed by atoms with Crippen molar-refractivity contribution in [2.75, 3.05) is 30.9 Å². The first-order valence-corrected chi connectivity index (χ1v) is 12.8. The van der Waals surface area contributed by atoms with Crippen molar-refractivity contribution >= 4 is 34.8 Å². The highest BCUT2D eigenvalue weighted by Crippen LogP contribution is 2.28. The Bertz CT molecular complexity index is 1690. The van der Waals surface area contributed by atoms with Gasteiger partial charge in [0, 0.05) is 29.6 Å². The van der Waals surface area contributed by atoms with Crippen molar-refractivity contribution in [1.29, 1.82) is 0 Å². The van der Waals surface area contributed by atoms with Gasteiger partial charge in [0.1, 0.15) is 11.6 Å². The number of aromatic nitrogens is 3. The number of nitrogens with zero attached hydrogens (tertiary/aromatic N) is 3. The molecule has 3 aromatic carbocycles. The molecule has 0 aliphatic rings. The smallest absolute Gasteiger partial charge is 0.251 e. The number of nitrogens with one attached hydrogen (secondary N) is 3. The summed E-state index contributed by atoms with van der Waals surface area (Å²) in [5, 5.41) is 22.0. The highest BCUT2D eigenvalue weighted by atomic mass is 19.1. The van der Waals surface area contributed by atoms with Gasteiger partial charge in [-0.15, -0.1) is 5.10 Å². The lowest BCUT2D eigenvalue weighted by molar-refractivity contribution is -0.115. The molecule has 41 heavy (non-hydrogen) atoms. The topological polar surface area (TPSA) is 130 Å². The van der Waals surface area contributed by atoms with E-state index >= 15 is 0 Å². The molecule has 5 rings (SSSR count). The average Bonchev–Trinajstić information content (AvgIpc) is 3.39. The summed E-state index contributed by atoms with van der Waals surface area (Å²) in [6, 6.07) is 22.0. The van der Waals surface area contributed by atoms with Crippen LogP contribution in [0.2, 0.25) is 0 Å². The fraction of sp³-hybridized carbons (Fsp3) is 0.133. The molecule has 0 aliphatic heterocycles. The van der Waals surface area contributed by atoms with Gasteiger partial charge in [-0.3, -0.25) is 9.59 Å². The van der Waals surface area contributed by atoms with Crippen molar-refractivity contribution in [1.82, 2.24) is 19.9 Å². The lowest BCUT2D eigenvalue weighted by Crippen LogP contribution is -2.26. The molecular weight excluding hydrogens is 527 g/mol. The lowest BCUT2D eigenvalue weighted by atomic mass is 10.1. The van der Waals surface area contributed by atoms with E-state index in [4.69, 9.17) is 9.84 Å². The largest absolute Gasteiger partial charge is 0.495 e. The number of carbonyl (C=O) groups excluding carboxylic acids is 2. The summed E-state index contributed by atoms with van der Waals surface area (Å²) in [7, 11) is 1.50. The first kappa shape index (κ1) is 27.3. The second-order valence-electron chi connectivity index (χ2n) is 9.10. The number of benzene rings is 3. The fourth-order valence-electron chi connectivity index (χ4n) is 4.17. The second kappa shape index (κ2) is 12.3. The van der Waals surface area contributed by atoms with E-state index < -0.39 is 0 Å². The zero-order valence-electron chi connectivity index (χ0n) is 22.1. The van der Waals surface area contributed by atoms with Crippen LogP contribution in [0.4, 0.5) is 21.7 Å². The minimum atomic E-state index is -0.338. The Labute approximate surface area is 234 Å². The summed E-state index contributed by atoms with van der Waals surface area (Å²) in [5.41, 5.74) is 4.80. The molecule has 0 fully saturated rings. The Morgan fingerprint density at radius 2 is 1.73 bits per heavy atom. The summed E-state index contributed by atoms with van der Waals surface area (Å²) in [6.45, 7) is 0.0151.